The molecule has 0 amide bonds. The molecular formula is C13H19N3OS. The lowest BCUT2D eigenvalue weighted by molar-refractivity contribution is 0.559. The normalized spacial score (nSPS) is 11.2. The quantitative estimate of drug-likeness (QED) is 0.781. The molecule has 0 aromatic carbocycles. The molecule has 0 aliphatic rings. The van der Waals surface area contributed by atoms with Crippen molar-refractivity contribution in [3.05, 3.63) is 28.1 Å². The number of fused-ring (bicyclic) bond motifs is 1. The molecule has 0 aliphatic carbocycles. The van der Waals surface area contributed by atoms with Gasteiger partial charge in [0.15, 0.2) is 0 Å². The van der Waals surface area contributed by atoms with Crippen molar-refractivity contribution in [2.24, 2.45) is 0 Å². The van der Waals surface area contributed by atoms with Gasteiger partial charge in [-0.2, -0.15) is 0 Å². The first-order valence-corrected chi connectivity index (χ1v) is 7.34. The Morgan fingerprint density at radius 2 is 2.28 bits per heavy atom. The molecule has 0 aliphatic heterocycles. The van der Waals surface area contributed by atoms with Crippen molar-refractivity contribution in [1.82, 2.24) is 14.9 Å². The minimum atomic E-state index is 0.0663. The van der Waals surface area contributed by atoms with Crippen LogP contribution >= 0.6 is 11.3 Å². The maximum absolute atomic E-state index is 12.1. The first-order valence-electron chi connectivity index (χ1n) is 6.46. The summed E-state index contributed by atoms with van der Waals surface area (Å²) in [6, 6.07) is 1.85. The Morgan fingerprint density at radius 3 is 3.11 bits per heavy atom. The topological polar surface area (TPSA) is 46.9 Å². The van der Waals surface area contributed by atoms with E-state index in [0.29, 0.717) is 6.54 Å². The van der Waals surface area contributed by atoms with Crippen LogP contribution < -0.4 is 10.9 Å². The average molecular weight is 265 g/mol. The molecule has 0 bridgehead atoms. The Labute approximate surface area is 111 Å². The van der Waals surface area contributed by atoms with Crippen molar-refractivity contribution < 1.29 is 0 Å². The zero-order chi connectivity index (χ0) is 12.8. The summed E-state index contributed by atoms with van der Waals surface area (Å²) >= 11 is 1.51. The van der Waals surface area contributed by atoms with Crippen LogP contribution in [0.3, 0.4) is 0 Å². The van der Waals surface area contributed by atoms with Crippen LogP contribution in [0.1, 0.15) is 26.2 Å². The van der Waals surface area contributed by atoms with Crippen LogP contribution in [-0.4, -0.2) is 22.6 Å². The average Bonchev–Trinajstić information content (AvgIpc) is 2.85. The van der Waals surface area contributed by atoms with Gasteiger partial charge in [-0.15, -0.1) is 11.3 Å². The summed E-state index contributed by atoms with van der Waals surface area (Å²) in [5.41, 5.74) is 0.0663. The van der Waals surface area contributed by atoms with E-state index < -0.39 is 0 Å². The number of nitrogens with zero attached hydrogens (tertiary/aromatic N) is 2. The van der Waals surface area contributed by atoms with Crippen molar-refractivity contribution in [2.75, 3.05) is 13.1 Å². The van der Waals surface area contributed by atoms with Crippen LogP contribution in [0.5, 0.6) is 0 Å². The van der Waals surface area contributed by atoms with E-state index in [9.17, 15) is 4.79 Å². The Kier molecular flexibility index (Phi) is 4.90. The summed E-state index contributed by atoms with van der Waals surface area (Å²) in [7, 11) is 0. The van der Waals surface area contributed by atoms with E-state index in [1.54, 1.807) is 10.9 Å². The lowest BCUT2D eigenvalue weighted by atomic mass is 10.2. The van der Waals surface area contributed by atoms with Gasteiger partial charge in [-0.25, -0.2) is 4.98 Å². The molecule has 0 fully saturated rings. The zero-order valence-corrected chi connectivity index (χ0v) is 11.5. The second-order valence-electron chi connectivity index (χ2n) is 4.34. The van der Waals surface area contributed by atoms with Crippen molar-refractivity contribution in [3.8, 4) is 0 Å². The van der Waals surface area contributed by atoms with Crippen LogP contribution in [0.15, 0.2) is 22.6 Å². The van der Waals surface area contributed by atoms with Crippen LogP contribution in [0.25, 0.3) is 10.2 Å². The molecule has 1 N–H and O–H groups in total. The zero-order valence-electron chi connectivity index (χ0n) is 10.7. The molecule has 18 heavy (non-hydrogen) atoms. The molecule has 2 heterocycles. The molecule has 0 saturated heterocycles. The largest absolute Gasteiger partial charge is 0.315 e. The maximum Gasteiger partial charge on any atom is 0.262 e. The van der Waals surface area contributed by atoms with Gasteiger partial charge < -0.3 is 5.32 Å². The summed E-state index contributed by atoms with van der Waals surface area (Å²) in [6.07, 6.45) is 5.34. The van der Waals surface area contributed by atoms with Gasteiger partial charge in [-0.05, 0) is 24.4 Å². The summed E-state index contributed by atoms with van der Waals surface area (Å²) in [5, 5.41) is 5.99. The predicted octanol–water partition coefficient (Wildman–Crippen LogP) is 2.24. The third-order valence-electron chi connectivity index (χ3n) is 2.94. The van der Waals surface area contributed by atoms with Crippen molar-refractivity contribution in [2.45, 2.75) is 32.7 Å². The summed E-state index contributed by atoms with van der Waals surface area (Å²) in [6.45, 7) is 4.72. The van der Waals surface area contributed by atoms with Gasteiger partial charge in [0, 0.05) is 13.1 Å². The van der Waals surface area contributed by atoms with Crippen molar-refractivity contribution in [1.29, 1.82) is 0 Å². The lowest BCUT2D eigenvalue weighted by Crippen LogP contribution is -2.27. The van der Waals surface area contributed by atoms with Gasteiger partial charge in [-0.3, -0.25) is 9.36 Å². The molecule has 0 radical (unpaired) electrons. The minimum Gasteiger partial charge on any atom is -0.315 e. The van der Waals surface area contributed by atoms with Gasteiger partial charge in [0.2, 0.25) is 0 Å². The minimum absolute atomic E-state index is 0.0663. The second-order valence-corrected chi connectivity index (χ2v) is 5.23. The summed E-state index contributed by atoms with van der Waals surface area (Å²) < 4.78 is 1.68. The first-order chi connectivity index (χ1) is 8.83. The number of rotatable bonds is 7. The predicted molar refractivity (Wildman–Crippen MR) is 76.3 cm³/mol. The number of thiophene rings is 1. The fraction of sp³-hybridized carbons (Fsp3) is 0.538. The fourth-order valence-electron chi connectivity index (χ4n) is 1.88. The van der Waals surface area contributed by atoms with Crippen molar-refractivity contribution in [3.63, 3.8) is 0 Å². The second kappa shape index (κ2) is 6.66. The summed E-state index contributed by atoms with van der Waals surface area (Å²) in [4.78, 5) is 17.2. The molecule has 98 valence electrons. The molecule has 2 aromatic heterocycles. The molecule has 0 atom stereocenters. The standard InChI is InChI=1S/C13H19N3OS/c1-2-3-4-6-14-7-8-16-10-15-12-11(13(16)17)5-9-18-12/h5,9-10,14H,2-4,6-8H2,1H3. The van der Waals surface area contributed by atoms with E-state index in [4.69, 9.17) is 0 Å². The van der Waals surface area contributed by atoms with Gasteiger partial charge in [0.05, 0.1) is 11.7 Å². The fourth-order valence-corrected chi connectivity index (χ4v) is 2.60. The van der Waals surface area contributed by atoms with E-state index >= 15 is 0 Å². The van der Waals surface area contributed by atoms with E-state index in [0.717, 1.165) is 23.3 Å². The highest BCUT2D eigenvalue weighted by molar-refractivity contribution is 7.16. The van der Waals surface area contributed by atoms with Crippen molar-refractivity contribution >= 4 is 21.6 Å². The monoisotopic (exact) mass is 265 g/mol. The number of aromatic nitrogens is 2. The van der Waals surface area contributed by atoms with Gasteiger partial charge in [0.1, 0.15) is 4.83 Å². The van der Waals surface area contributed by atoms with Gasteiger partial charge in [0.25, 0.3) is 5.56 Å². The molecule has 5 heteroatoms. The molecular weight excluding hydrogens is 246 g/mol. The lowest BCUT2D eigenvalue weighted by Gasteiger charge is -2.06. The maximum atomic E-state index is 12.1. The number of hydrogen-bond donors (Lipinski definition) is 1. The highest BCUT2D eigenvalue weighted by atomic mass is 32.1. The molecule has 4 nitrogen and oxygen atoms in total. The Balaban J connectivity index is 1.88. The number of nitrogens with one attached hydrogen (secondary N) is 1. The molecule has 2 aromatic rings. The number of hydrogen-bond acceptors (Lipinski definition) is 4. The molecule has 2 rings (SSSR count). The van der Waals surface area contributed by atoms with E-state index in [-0.39, 0.29) is 5.56 Å². The highest BCUT2D eigenvalue weighted by Gasteiger charge is 2.04. The van der Waals surface area contributed by atoms with Crippen LogP contribution in [0.2, 0.25) is 0 Å². The highest BCUT2D eigenvalue weighted by Crippen LogP contribution is 2.12. The van der Waals surface area contributed by atoms with E-state index in [2.05, 4.69) is 17.2 Å². The molecule has 0 unspecified atom stereocenters. The summed E-state index contributed by atoms with van der Waals surface area (Å²) in [5.74, 6) is 0. The van der Waals surface area contributed by atoms with Crippen LogP contribution in [0, 0.1) is 0 Å². The van der Waals surface area contributed by atoms with E-state index in [1.807, 2.05) is 11.4 Å². The van der Waals surface area contributed by atoms with Gasteiger partial charge in [-0.1, -0.05) is 19.8 Å². The number of unbranched alkanes of at least 4 members (excludes halogenated alkanes) is 2. The SMILES string of the molecule is CCCCCNCCn1cnc2sccc2c1=O. The Hall–Kier alpha value is -1.20. The third kappa shape index (κ3) is 3.17. The van der Waals surface area contributed by atoms with Crippen LogP contribution in [0.4, 0.5) is 0 Å². The third-order valence-corrected chi connectivity index (χ3v) is 3.76. The molecule has 0 saturated carbocycles. The Morgan fingerprint density at radius 1 is 1.39 bits per heavy atom. The van der Waals surface area contributed by atoms with E-state index in [1.165, 1.54) is 30.6 Å². The van der Waals surface area contributed by atoms with Gasteiger partial charge >= 0.3 is 0 Å². The first kappa shape index (κ1) is 13.2. The Bertz CT molecular complexity index is 546. The smallest absolute Gasteiger partial charge is 0.262 e. The van der Waals surface area contributed by atoms with Crippen LogP contribution in [-0.2, 0) is 6.54 Å². The molecule has 0 spiro atoms.